The van der Waals surface area contributed by atoms with Crippen molar-refractivity contribution in [3.8, 4) is 0 Å². The first-order valence-electron chi connectivity index (χ1n) is 8.09. The van der Waals surface area contributed by atoms with Crippen molar-refractivity contribution in [2.75, 3.05) is 13.2 Å². The minimum Gasteiger partial charge on any atom is -0.417 e. The van der Waals surface area contributed by atoms with E-state index in [0.717, 1.165) is 32.3 Å². The molecule has 1 rings (SSSR count). The van der Waals surface area contributed by atoms with Gasteiger partial charge in [0.1, 0.15) is 0 Å². The van der Waals surface area contributed by atoms with Gasteiger partial charge in [0.2, 0.25) is 0 Å². The van der Waals surface area contributed by atoms with Gasteiger partial charge in [-0.25, -0.2) is 0 Å². The summed E-state index contributed by atoms with van der Waals surface area (Å²) in [5, 5.41) is 9.13. The lowest BCUT2D eigenvalue weighted by Gasteiger charge is -2.36. The van der Waals surface area contributed by atoms with Crippen molar-refractivity contribution in [1.82, 2.24) is 0 Å². The lowest BCUT2D eigenvalue weighted by Crippen LogP contribution is -2.41. The largest absolute Gasteiger partial charge is 0.417 e. The van der Waals surface area contributed by atoms with Crippen LogP contribution in [0.25, 0.3) is 0 Å². The Hall–Kier alpha value is -0.643. The molecule has 0 amide bonds. The molecule has 0 saturated heterocycles. The number of aryl methyl sites for hydroxylation is 2. The molecule has 3 heteroatoms. The first kappa shape index (κ1) is 18.4. The van der Waals surface area contributed by atoms with Gasteiger partial charge in [-0.05, 0) is 54.9 Å². The van der Waals surface area contributed by atoms with Gasteiger partial charge in [0.25, 0.3) is 0 Å². The van der Waals surface area contributed by atoms with Crippen LogP contribution in [0, 0.1) is 0 Å². The molecule has 1 aromatic carbocycles. The molecule has 120 valence electrons. The molecular formula is C18H32O2Si. The van der Waals surface area contributed by atoms with E-state index < -0.39 is 8.32 Å². The molecule has 0 atom stereocenters. The average molecular weight is 309 g/mol. The topological polar surface area (TPSA) is 29.5 Å². The molecule has 0 bridgehead atoms. The van der Waals surface area contributed by atoms with Gasteiger partial charge in [0.15, 0.2) is 8.32 Å². The van der Waals surface area contributed by atoms with Gasteiger partial charge in [-0.3, -0.25) is 0 Å². The number of hydrogen-bond donors (Lipinski definition) is 1. The van der Waals surface area contributed by atoms with Gasteiger partial charge in [0, 0.05) is 13.2 Å². The molecule has 0 aliphatic carbocycles. The van der Waals surface area contributed by atoms with Crippen LogP contribution in [0.5, 0.6) is 0 Å². The van der Waals surface area contributed by atoms with E-state index in [9.17, 15) is 0 Å². The normalized spacial score (nSPS) is 12.7. The van der Waals surface area contributed by atoms with Crippen molar-refractivity contribution in [2.45, 2.75) is 64.6 Å². The second-order valence-corrected chi connectivity index (χ2v) is 12.2. The van der Waals surface area contributed by atoms with E-state index >= 15 is 0 Å². The fourth-order valence-corrected chi connectivity index (χ4v) is 3.06. The first-order valence-corrected chi connectivity index (χ1v) is 11.0. The third kappa shape index (κ3) is 6.33. The van der Waals surface area contributed by atoms with E-state index in [1.54, 1.807) is 0 Å². The molecule has 1 N–H and O–H groups in total. The quantitative estimate of drug-likeness (QED) is 0.563. The summed E-state index contributed by atoms with van der Waals surface area (Å²) in [4.78, 5) is 0. The Labute approximate surface area is 131 Å². The molecule has 0 aliphatic heterocycles. The van der Waals surface area contributed by atoms with E-state index in [1.165, 1.54) is 11.1 Å². The average Bonchev–Trinajstić information content (AvgIpc) is 2.41. The molecule has 0 unspecified atom stereocenters. The van der Waals surface area contributed by atoms with Gasteiger partial charge in [-0.2, -0.15) is 0 Å². The zero-order chi connectivity index (χ0) is 15.9. The van der Waals surface area contributed by atoms with Gasteiger partial charge in [-0.1, -0.05) is 45.0 Å². The molecule has 0 fully saturated rings. The Kier molecular flexibility index (Phi) is 7.11. The van der Waals surface area contributed by atoms with Crippen molar-refractivity contribution in [3.05, 3.63) is 35.4 Å². The smallest absolute Gasteiger partial charge is 0.191 e. The SMILES string of the molecule is CC(C)(C)[Si](C)(C)OCCCc1ccc(CCCO)cc1. The predicted octanol–water partition coefficient (Wildman–Crippen LogP) is 4.57. The Morgan fingerprint density at radius 3 is 1.86 bits per heavy atom. The molecule has 2 nitrogen and oxygen atoms in total. The van der Waals surface area contributed by atoms with Gasteiger partial charge >= 0.3 is 0 Å². The number of benzene rings is 1. The standard InChI is InChI=1S/C18H32O2Si/c1-18(2,3)21(4,5)20-15-7-9-17-12-10-16(11-13-17)8-6-14-19/h10-13,19H,6-9,14-15H2,1-5H3. The highest BCUT2D eigenvalue weighted by atomic mass is 28.4. The summed E-state index contributed by atoms with van der Waals surface area (Å²) in [5.41, 5.74) is 2.69. The summed E-state index contributed by atoms with van der Waals surface area (Å²) in [7, 11) is -1.59. The Balaban J connectivity index is 2.33. The summed E-state index contributed by atoms with van der Waals surface area (Å²) in [6.07, 6.45) is 3.97. The molecule has 21 heavy (non-hydrogen) atoms. The van der Waals surface area contributed by atoms with Crippen LogP contribution in [0.1, 0.15) is 44.7 Å². The van der Waals surface area contributed by atoms with E-state index in [1.807, 2.05) is 0 Å². The highest BCUT2D eigenvalue weighted by Crippen LogP contribution is 2.36. The molecular weight excluding hydrogens is 276 g/mol. The van der Waals surface area contributed by atoms with Crippen molar-refractivity contribution in [2.24, 2.45) is 0 Å². The third-order valence-electron chi connectivity index (χ3n) is 4.53. The number of aliphatic hydroxyl groups is 1. The number of aliphatic hydroxyl groups excluding tert-OH is 1. The van der Waals surface area contributed by atoms with E-state index in [2.05, 4.69) is 58.1 Å². The van der Waals surface area contributed by atoms with Gasteiger partial charge < -0.3 is 9.53 Å². The second-order valence-electron chi connectivity index (χ2n) is 7.36. The summed E-state index contributed by atoms with van der Waals surface area (Å²) in [6, 6.07) is 8.78. The van der Waals surface area contributed by atoms with Crippen LogP contribution in [0.3, 0.4) is 0 Å². The van der Waals surface area contributed by atoms with Crippen molar-refractivity contribution in [1.29, 1.82) is 0 Å². The summed E-state index contributed by atoms with van der Waals surface area (Å²) in [5.74, 6) is 0. The van der Waals surface area contributed by atoms with Crippen LogP contribution < -0.4 is 0 Å². The number of rotatable bonds is 8. The van der Waals surface area contributed by atoms with Crippen LogP contribution in [-0.2, 0) is 17.3 Å². The highest BCUT2D eigenvalue weighted by Gasteiger charge is 2.36. The van der Waals surface area contributed by atoms with Crippen LogP contribution in [0.2, 0.25) is 18.1 Å². The van der Waals surface area contributed by atoms with E-state index in [4.69, 9.17) is 9.53 Å². The second kappa shape index (κ2) is 8.11. The summed E-state index contributed by atoms with van der Waals surface area (Å²) in [6.45, 7) is 12.6. The molecule has 0 spiro atoms. The van der Waals surface area contributed by atoms with Crippen LogP contribution in [-0.4, -0.2) is 26.6 Å². The summed E-state index contributed by atoms with van der Waals surface area (Å²) < 4.78 is 6.20. The fourth-order valence-electron chi connectivity index (χ4n) is 1.98. The maximum absolute atomic E-state index is 8.84. The van der Waals surface area contributed by atoms with Crippen LogP contribution in [0.15, 0.2) is 24.3 Å². The van der Waals surface area contributed by atoms with E-state index in [0.29, 0.717) is 5.04 Å². The maximum atomic E-state index is 8.84. The van der Waals surface area contributed by atoms with Gasteiger partial charge in [0.05, 0.1) is 0 Å². The van der Waals surface area contributed by atoms with Crippen molar-refractivity contribution >= 4 is 8.32 Å². The van der Waals surface area contributed by atoms with Crippen LogP contribution in [0.4, 0.5) is 0 Å². The monoisotopic (exact) mass is 308 g/mol. The number of hydrogen-bond acceptors (Lipinski definition) is 2. The highest BCUT2D eigenvalue weighted by molar-refractivity contribution is 6.74. The van der Waals surface area contributed by atoms with Gasteiger partial charge in [-0.15, -0.1) is 0 Å². The Morgan fingerprint density at radius 1 is 0.952 bits per heavy atom. The lowest BCUT2D eigenvalue weighted by molar-refractivity contribution is 0.282. The molecule has 0 aliphatic rings. The van der Waals surface area contributed by atoms with Crippen molar-refractivity contribution < 1.29 is 9.53 Å². The van der Waals surface area contributed by atoms with Crippen molar-refractivity contribution in [3.63, 3.8) is 0 Å². The molecule has 0 aromatic heterocycles. The molecule has 1 aromatic rings. The maximum Gasteiger partial charge on any atom is 0.191 e. The van der Waals surface area contributed by atoms with Crippen LogP contribution >= 0.6 is 0 Å². The lowest BCUT2D eigenvalue weighted by atomic mass is 10.0. The minimum absolute atomic E-state index is 0.270. The fraction of sp³-hybridized carbons (Fsp3) is 0.667. The molecule has 0 heterocycles. The molecule has 0 saturated carbocycles. The Morgan fingerprint density at radius 2 is 1.43 bits per heavy atom. The summed E-state index contributed by atoms with van der Waals surface area (Å²) >= 11 is 0. The Bertz CT molecular complexity index is 404. The zero-order valence-corrected chi connectivity index (χ0v) is 15.4. The third-order valence-corrected chi connectivity index (χ3v) is 9.06. The first-order chi connectivity index (χ1) is 9.76. The predicted molar refractivity (Wildman–Crippen MR) is 93.3 cm³/mol. The zero-order valence-electron chi connectivity index (χ0n) is 14.4. The van der Waals surface area contributed by atoms with E-state index in [-0.39, 0.29) is 6.61 Å². The minimum atomic E-state index is -1.59. The molecule has 0 radical (unpaired) electrons.